The van der Waals surface area contributed by atoms with Gasteiger partial charge in [0.1, 0.15) is 0 Å². The zero-order valence-corrected chi connectivity index (χ0v) is 16.8. The Kier molecular flexibility index (Phi) is 5.99. The van der Waals surface area contributed by atoms with Crippen LogP contribution in [0.2, 0.25) is 0 Å². The number of anilines is 1. The highest BCUT2D eigenvalue weighted by molar-refractivity contribution is 6.04. The van der Waals surface area contributed by atoms with E-state index in [9.17, 15) is 4.79 Å². The van der Waals surface area contributed by atoms with Gasteiger partial charge in [-0.05, 0) is 30.7 Å². The maximum Gasteiger partial charge on any atom is 0.307 e. The fraction of sp³-hybridized carbons (Fsp3) is 0.160. The van der Waals surface area contributed by atoms with Crippen molar-refractivity contribution in [1.29, 1.82) is 0 Å². The zero-order valence-electron chi connectivity index (χ0n) is 16.8. The number of carbonyl (C=O) groups excluding carboxylic acids is 1. The van der Waals surface area contributed by atoms with Crippen LogP contribution in [0, 0.1) is 0 Å². The number of nitrogens with zero attached hydrogens (tertiary/aromatic N) is 2. The largest absolute Gasteiger partial charge is 0.466 e. The van der Waals surface area contributed by atoms with Gasteiger partial charge in [-0.1, -0.05) is 48.5 Å². The van der Waals surface area contributed by atoms with Crippen LogP contribution in [0.15, 0.2) is 79.1 Å². The summed E-state index contributed by atoms with van der Waals surface area (Å²) in [6.45, 7) is 2.67. The quantitative estimate of drug-likeness (QED) is 0.427. The van der Waals surface area contributed by atoms with Crippen LogP contribution in [0.1, 0.15) is 13.3 Å². The minimum absolute atomic E-state index is 0.211. The van der Waals surface area contributed by atoms with Gasteiger partial charge in [0.25, 0.3) is 0 Å². The van der Waals surface area contributed by atoms with Crippen molar-refractivity contribution in [2.45, 2.75) is 13.3 Å². The number of carbonyl (C=O) groups is 1. The second kappa shape index (κ2) is 9.18. The summed E-state index contributed by atoms with van der Waals surface area (Å²) in [4.78, 5) is 21.0. The molecule has 0 spiro atoms. The van der Waals surface area contributed by atoms with Crippen molar-refractivity contribution >= 4 is 22.6 Å². The highest BCUT2D eigenvalue weighted by Crippen LogP contribution is 2.40. The molecule has 0 saturated carbocycles. The molecule has 0 radical (unpaired) electrons. The van der Waals surface area contributed by atoms with Gasteiger partial charge in [0.2, 0.25) is 0 Å². The number of hydrogen-bond donors (Lipinski definition) is 1. The van der Waals surface area contributed by atoms with Crippen molar-refractivity contribution in [2.24, 2.45) is 0 Å². The van der Waals surface area contributed by atoms with E-state index in [1.54, 1.807) is 12.4 Å². The SMILES string of the molecule is CCOC(=O)CCNc1c(-c2ccncc2)c(-c2ccccc2)nc2ccccc12. The van der Waals surface area contributed by atoms with E-state index in [1.807, 2.05) is 55.5 Å². The lowest BCUT2D eigenvalue weighted by atomic mass is 9.95. The predicted molar refractivity (Wildman–Crippen MR) is 120 cm³/mol. The van der Waals surface area contributed by atoms with Crippen LogP contribution >= 0.6 is 0 Å². The van der Waals surface area contributed by atoms with Gasteiger partial charge in [-0.15, -0.1) is 0 Å². The van der Waals surface area contributed by atoms with Gasteiger partial charge >= 0.3 is 5.97 Å². The van der Waals surface area contributed by atoms with Gasteiger partial charge in [-0.25, -0.2) is 4.98 Å². The summed E-state index contributed by atoms with van der Waals surface area (Å²) in [7, 11) is 0. The first-order valence-corrected chi connectivity index (χ1v) is 10.1. The number of para-hydroxylation sites is 1. The number of aromatic nitrogens is 2. The Labute approximate surface area is 175 Å². The summed E-state index contributed by atoms with van der Waals surface area (Å²) in [5.41, 5.74) is 5.78. The van der Waals surface area contributed by atoms with Crippen LogP contribution in [0.3, 0.4) is 0 Å². The molecule has 4 rings (SSSR count). The molecule has 0 aliphatic carbocycles. The van der Waals surface area contributed by atoms with E-state index in [0.717, 1.165) is 39.0 Å². The van der Waals surface area contributed by atoms with Crippen LogP contribution in [-0.2, 0) is 9.53 Å². The number of ether oxygens (including phenoxy) is 1. The molecule has 0 aliphatic heterocycles. The second-order valence-electron chi connectivity index (χ2n) is 6.81. The molecule has 30 heavy (non-hydrogen) atoms. The van der Waals surface area contributed by atoms with Crippen LogP contribution < -0.4 is 5.32 Å². The molecule has 2 heterocycles. The minimum atomic E-state index is -0.211. The third kappa shape index (κ3) is 4.15. The summed E-state index contributed by atoms with van der Waals surface area (Å²) in [6, 6.07) is 22.1. The predicted octanol–water partition coefficient (Wildman–Crippen LogP) is 5.33. The van der Waals surface area contributed by atoms with Gasteiger partial charge in [0.15, 0.2) is 0 Å². The van der Waals surface area contributed by atoms with Crippen molar-refractivity contribution in [3.05, 3.63) is 79.1 Å². The molecule has 0 aliphatic rings. The van der Waals surface area contributed by atoms with E-state index in [4.69, 9.17) is 9.72 Å². The van der Waals surface area contributed by atoms with Gasteiger partial charge in [0, 0.05) is 35.5 Å². The van der Waals surface area contributed by atoms with E-state index in [1.165, 1.54) is 0 Å². The highest BCUT2D eigenvalue weighted by atomic mass is 16.5. The molecule has 0 amide bonds. The monoisotopic (exact) mass is 397 g/mol. The first-order chi connectivity index (χ1) is 14.8. The third-order valence-electron chi connectivity index (χ3n) is 4.84. The Balaban J connectivity index is 1.89. The van der Waals surface area contributed by atoms with Gasteiger partial charge in [-0.2, -0.15) is 0 Å². The maximum atomic E-state index is 11.9. The van der Waals surface area contributed by atoms with Crippen molar-refractivity contribution < 1.29 is 9.53 Å². The van der Waals surface area contributed by atoms with Crippen LogP contribution in [-0.4, -0.2) is 29.1 Å². The molecule has 1 N–H and O–H groups in total. The van der Waals surface area contributed by atoms with Crippen molar-refractivity contribution in [3.8, 4) is 22.4 Å². The van der Waals surface area contributed by atoms with Crippen molar-refractivity contribution in [1.82, 2.24) is 9.97 Å². The zero-order chi connectivity index (χ0) is 20.8. The summed E-state index contributed by atoms with van der Waals surface area (Å²) in [5, 5.41) is 4.50. The molecule has 0 bridgehead atoms. The van der Waals surface area contributed by atoms with E-state index >= 15 is 0 Å². The lowest BCUT2D eigenvalue weighted by Gasteiger charge is -2.19. The fourth-order valence-corrected chi connectivity index (χ4v) is 3.52. The molecular weight excluding hydrogens is 374 g/mol. The number of hydrogen-bond acceptors (Lipinski definition) is 5. The average Bonchev–Trinajstić information content (AvgIpc) is 2.80. The molecule has 5 heteroatoms. The summed E-state index contributed by atoms with van der Waals surface area (Å²) in [5.74, 6) is -0.211. The van der Waals surface area contributed by atoms with Gasteiger partial charge in [0.05, 0.1) is 29.9 Å². The number of rotatable bonds is 7. The molecule has 0 saturated heterocycles. The lowest BCUT2D eigenvalue weighted by molar-refractivity contribution is -0.142. The van der Waals surface area contributed by atoms with Gasteiger partial charge < -0.3 is 10.1 Å². The topological polar surface area (TPSA) is 64.1 Å². The van der Waals surface area contributed by atoms with Crippen molar-refractivity contribution in [2.75, 3.05) is 18.5 Å². The van der Waals surface area contributed by atoms with Gasteiger partial charge in [-0.3, -0.25) is 9.78 Å². The number of esters is 1. The molecule has 0 unspecified atom stereocenters. The molecule has 4 aromatic rings. The van der Waals surface area contributed by atoms with E-state index in [-0.39, 0.29) is 5.97 Å². The second-order valence-corrected chi connectivity index (χ2v) is 6.81. The molecule has 5 nitrogen and oxygen atoms in total. The number of benzene rings is 2. The van der Waals surface area contributed by atoms with E-state index in [0.29, 0.717) is 19.6 Å². The minimum Gasteiger partial charge on any atom is -0.466 e. The Morgan fingerprint density at radius 3 is 2.43 bits per heavy atom. The fourth-order valence-electron chi connectivity index (χ4n) is 3.52. The van der Waals surface area contributed by atoms with Crippen molar-refractivity contribution in [3.63, 3.8) is 0 Å². The lowest BCUT2D eigenvalue weighted by Crippen LogP contribution is -2.12. The number of fused-ring (bicyclic) bond motifs is 1. The Morgan fingerprint density at radius 1 is 0.933 bits per heavy atom. The Morgan fingerprint density at radius 2 is 1.67 bits per heavy atom. The molecule has 0 fully saturated rings. The smallest absolute Gasteiger partial charge is 0.307 e. The van der Waals surface area contributed by atoms with Crippen LogP contribution in [0.4, 0.5) is 5.69 Å². The molecule has 2 aromatic carbocycles. The number of nitrogens with one attached hydrogen (secondary N) is 1. The van der Waals surface area contributed by atoms with Crippen LogP contribution in [0.5, 0.6) is 0 Å². The molecule has 150 valence electrons. The Bertz CT molecular complexity index is 1150. The maximum absolute atomic E-state index is 11.9. The normalized spacial score (nSPS) is 10.7. The average molecular weight is 397 g/mol. The van der Waals surface area contributed by atoms with E-state index < -0.39 is 0 Å². The molecule has 2 aromatic heterocycles. The Hall–Kier alpha value is -3.73. The standard InChI is InChI=1S/C25H23N3O2/c1-2-30-22(29)14-17-27-25-20-10-6-7-11-21(20)28-24(19-8-4-3-5-9-19)23(25)18-12-15-26-16-13-18/h3-13,15-16H,2,14,17H2,1H3,(H,27,28). The summed E-state index contributed by atoms with van der Waals surface area (Å²) < 4.78 is 5.08. The summed E-state index contributed by atoms with van der Waals surface area (Å²) >= 11 is 0. The molecule has 0 atom stereocenters. The van der Waals surface area contributed by atoms with E-state index in [2.05, 4.69) is 28.5 Å². The van der Waals surface area contributed by atoms with Crippen LogP contribution in [0.25, 0.3) is 33.3 Å². The first-order valence-electron chi connectivity index (χ1n) is 10.1. The highest BCUT2D eigenvalue weighted by Gasteiger charge is 2.18. The summed E-state index contributed by atoms with van der Waals surface area (Å²) in [6.07, 6.45) is 3.85. The first kappa shape index (κ1) is 19.6. The third-order valence-corrected chi connectivity index (χ3v) is 4.84. The number of pyridine rings is 2. The molecular formula is C25H23N3O2.